The molecule has 0 saturated carbocycles. The highest BCUT2D eigenvalue weighted by Gasteiger charge is 2.25. The number of nitrogens with one attached hydrogen (secondary N) is 2. The highest BCUT2D eigenvalue weighted by molar-refractivity contribution is 5.92. The van der Waals surface area contributed by atoms with Gasteiger partial charge < -0.3 is 20.3 Å². The molecule has 2 heterocycles. The first-order chi connectivity index (χ1) is 10.1. The van der Waals surface area contributed by atoms with Crippen LogP contribution in [0, 0.1) is 0 Å². The van der Waals surface area contributed by atoms with E-state index in [9.17, 15) is 9.90 Å². The molecule has 5 heteroatoms. The van der Waals surface area contributed by atoms with Gasteiger partial charge >= 0.3 is 0 Å². The van der Waals surface area contributed by atoms with Crippen LogP contribution in [0.3, 0.4) is 0 Å². The van der Waals surface area contributed by atoms with E-state index in [1.54, 1.807) is 0 Å². The van der Waals surface area contributed by atoms with Crippen molar-refractivity contribution in [3.05, 3.63) is 24.0 Å². The molecule has 118 valence electrons. The van der Waals surface area contributed by atoms with Crippen molar-refractivity contribution in [2.45, 2.75) is 51.2 Å². The van der Waals surface area contributed by atoms with Gasteiger partial charge in [-0.3, -0.25) is 4.79 Å². The molecule has 1 fully saturated rings. The number of amides is 1. The lowest BCUT2D eigenvalue weighted by Crippen LogP contribution is -2.42. The molecule has 1 aliphatic rings. The Hall–Kier alpha value is -1.33. The maximum atomic E-state index is 12.4. The van der Waals surface area contributed by atoms with Crippen molar-refractivity contribution in [2.75, 3.05) is 19.6 Å². The van der Waals surface area contributed by atoms with Crippen molar-refractivity contribution < 1.29 is 9.90 Å². The fourth-order valence-electron chi connectivity index (χ4n) is 2.82. The highest BCUT2D eigenvalue weighted by Crippen LogP contribution is 2.21. The molecule has 0 radical (unpaired) electrons. The Balaban J connectivity index is 2.01. The zero-order chi connectivity index (χ0) is 15.3. The standard InChI is InChI=1S/C16H27N3O2/c1-3-16(21,4-2)12-18-15(20)14-6-5-11-19(14)13-7-9-17-10-8-13/h5-6,11,13,17,21H,3-4,7-10,12H2,1-2H3,(H,18,20). The summed E-state index contributed by atoms with van der Waals surface area (Å²) in [5.74, 6) is -0.0983. The predicted octanol–water partition coefficient (Wildman–Crippen LogP) is 1.69. The van der Waals surface area contributed by atoms with Crippen LogP contribution in [0.15, 0.2) is 18.3 Å². The first-order valence-corrected chi connectivity index (χ1v) is 7.98. The Labute approximate surface area is 126 Å². The lowest BCUT2D eigenvalue weighted by Gasteiger charge is -2.27. The lowest BCUT2D eigenvalue weighted by atomic mass is 9.97. The molecule has 21 heavy (non-hydrogen) atoms. The molecule has 0 spiro atoms. The minimum atomic E-state index is -0.804. The monoisotopic (exact) mass is 293 g/mol. The molecule has 0 aliphatic carbocycles. The van der Waals surface area contributed by atoms with E-state index in [4.69, 9.17) is 0 Å². The van der Waals surface area contributed by atoms with Crippen molar-refractivity contribution in [3.8, 4) is 0 Å². The second kappa shape index (κ2) is 7.09. The maximum Gasteiger partial charge on any atom is 0.268 e. The number of rotatable bonds is 6. The van der Waals surface area contributed by atoms with Gasteiger partial charge in [0.05, 0.1) is 5.60 Å². The van der Waals surface area contributed by atoms with E-state index in [0.29, 0.717) is 31.1 Å². The van der Waals surface area contributed by atoms with Crippen molar-refractivity contribution in [1.29, 1.82) is 0 Å². The number of aromatic nitrogens is 1. The van der Waals surface area contributed by atoms with Crippen LogP contribution < -0.4 is 10.6 Å². The molecule has 0 aromatic carbocycles. The zero-order valence-electron chi connectivity index (χ0n) is 13.1. The third-order valence-corrected chi connectivity index (χ3v) is 4.61. The molecule has 0 unspecified atom stereocenters. The number of carbonyl (C=O) groups excluding carboxylic acids is 1. The summed E-state index contributed by atoms with van der Waals surface area (Å²) in [6.07, 6.45) is 5.35. The molecule has 0 atom stereocenters. The minimum Gasteiger partial charge on any atom is -0.388 e. The quantitative estimate of drug-likeness (QED) is 0.748. The van der Waals surface area contributed by atoms with Crippen LogP contribution in [-0.2, 0) is 0 Å². The van der Waals surface area contributed by atoms with E-state index in [1.807, 2.05) is 32.2 Å². The summed E-state index contributed by atoms with van der Waals surface area (Å²) in [6, 6.07) is 4.16. The van der Waals surface area contributed by atoms with E-state index < -0.39 is 5.60 Å². The number of nitrogens with zero attached hydrogens (tertiary/aromatic N) is 1. The molecule has 5 nitrogen and oxygen atoms in total. The van der Waals surface area contributed by atoms with Gasteiger partial charge in [-0.25, -0.2) is 0 Å². The fraction of sp³-hybridized carbons (Fsp3) is 0.688. The molecular formula is C16H27N3O2. The van der Waals surface area contributed by atoms with Crippen LogP contribution in [0.2, 0.25) is 0 Å². The first kappa shape index (κ1) is 16.0. The van der Waals surface area contributed by atoms with E-state index in [0.717, 1.165) is 25.9 Å². The summed E-state index contributed by atoms with van der Waals surface area (Å²) in [4.78, 5) is 12.4. The van der Waals surface area contributed by atoms with Crippen molar-refractivity contribution in [1.82, 2.24) is 15.2 Å². The van der Waals surface area contributed by atoms with Crippen molar-refractivity contribution in [3.63, 3.8) is 0 Å². The summed E-state index contributed by atoms with van der Waals surface area (Å²) in [5, 5.41) is 16.5. The predicted molar refractivity (Wildman–Crippen MR) is 83.4 cm³/mol. The van der Waals surface area contributed by atoms with Gasteiger partial charge in [0.15, 0.2) is 0 Å². The van der Waals surface area contributed by atoms with Crippen LogP contribution in [0.25, 0.3) is 0 Å². The van der Waals surface area contributed by atoms with Gasteiger partial charge in [-0.15, -0.1) is 0 Å². The van der Waals surface area contributed by atoms with Gasteiger partial charge in [0, 0.05) is 18.8 Å². The summed E-state index contributed by atoms with van der Waals surface area (Å²) in [7, 11) is 0. The van der Waals surface area contributed by atoms with E-state index in [1.165, 1.54) is 0 Å². The number of hydrogen-bond donors (Lipinski definition) is 3. The SMILES string of the molecule is CCC(O)(CC)CNC(=O)c1cccn1C1CCNCC1. The van der Waals surface area contributed by atoms with E-state index in [2.05, 4.69) is 15.2 Å². The molecule has 1 aliphatic heterocycles. The molecule has 1 amide bonds. The summed E-state index contributed by atoms with van der Waals surface area (Å²) >= 11 is 0. The average Bonchev–Trinajstić information content (AvgIpc) is 3.03. The van der Waals surface area contributed by atoms with Gasteiger partial charge in [0.1, 0.15) is 5.69 Å². The Morgan fingerprint density at radius 1 is 1.43 bits per heavy atom. The molecule has 3 N–H and O–H groups in total. The Morgan fingerprint density at radius 2 is 2.10 bits per heavy atom. The summed E-state index contributed by atoms with van der Waals surface area (Å²) in [5.41, 5.74) is -0.113. The Morgan fingerprint density at radius 3 is 2.71 bits per heavy atom. The molecule has 1 aromatic heterocycles. The van der Waals surface area contributed by atoms with Crippen LogP contribution in [0.4, 0.5) is 0 Å². The van der Waals surface area contributed by atoms with Gasteiger partial charge in [-0.2, -0.15) is 0 Å². The Bertz CT molecular complexity index is 460. The highest BCUT2D eigenvalue weighted by atomic mass is 16.3. The van der Waals surface area contributed by atoms with Gasteiger partial charge in [0.25, 0.3) is 5.91 Å². The zero-order valence-corrected chi connectivity index (χ0v) is 13.1. The smallest absolute Gasteiger partial charge is 0.268 e. The summed E-state index contributed by atoms with van der Waals surface area (Å²) < 4.78 is 2.08. The maximum absolute atomic E-state index is 12.4. The largest absolute Gasteiger partial charge is 0.388 e. The molecule has 0 bridgehead atoms. The lowest BCUT2D eigenvalue weighted by molar-refractivity contribution is 0.0312. The normalized spacial score (nSPS) is 16.9. The Kier molecular flexibility index (Phi) is 5.42. The number of aliphatic hydroxyl groups is 1. The van der Waals surface area contributed by atoms with Crippen LogP contribution in [0.5, 0.6) is 0 Å². The molecule has 1 saturated heterocycles. The van der Waals surface area contributed by atoms with Crippen molar-refractivity contribution in [2.24, 2.45) is 0 Å². The topological polar surface area (TPSA) is 66.3 Å². The number of piperidine rings is 1. The van der Waals surface area contributed by atoms with Crippen LogP contribution >= 0.6 is 0 Å². The fourth-order valence-corrected chi connectivity index (χ4v) is 2.82. The molecule has 1 aromatic rings. The van der Waals surface area contributed by atoms with Gasteiger partial charge in [-0.05, 0) is 50.9 Å². The molecular weight excluding hydrogens is 266 g/mol. The minimum absolute atomic E-state index is 0.0983. The number of hydrogen-bond acceptors (Lipinski definition) is 3. The number of carbonyl (C=O) groups is 1. The first-order valence-electron chi connectivity index (χ1n) is 7.98. The van der Waals surface area contributed by atoms with Crippen molar-refractivity contribution >= 4 is 5.91 Å². The van der Waals surface area contributed by atoms with Gasteiger partial charge in [0.2, 0.25) is 0 Å². The van der Waals surface area contributed by atoms with E-state index in [-0.39, 0.29) is 5.91 Å². The second-order valence-electron chi connectivity index (χ2n) is 5.90. The third-order valence-electron chi connectivity index (χ3n) is 4.61. The average molecular weight is 293 g/mol. The van der Waals surface area contributed by atoms with Gasteiger partial charge in [-0.1, -0.05) is 13.8 Å². The molecule has 2 rings (SSSR count). The van der Waals surface area contributed by atoms with E-state index >= 15 is 0 Å². The van der Waals surface area contributed by atoms with Crippen LogP contribution in [-0.4, -0.2) is 40.8 Å². The third kappa shape index (κ3) is 3.86. The summed E-state index contributed by atoms with van der Waals surface area (Å²) in [6.45, 7) is 6.17. The second-order valence-corrected chi connectivity index (χ2v) is 5.90. The van der Waals surface area contributed by atoms with Crippen LogP contribution in [0.1, 0.15) is 56.1 Å².